The molecule has 5 N–H and O–H groups in total. The molecule has 10 heteroatoms. The lowest BCUT2D eigenvalue weighted by Crippen LogP contribution is -2.38. The van der Waals surface area contributed by atoms with Crippen molar-refractivity contribution in [2.45, 2.75) is 53.6 Å². The van der Waals surface area contributed by atoms with Gasteiger partial charge in [0.25, 0.3) is 0 Å². The van der Waals surface area contributed by atoms with Gasteiger partial charge < -0.3 is 20.3 Å². The van der Waals surface area contributed by atoms with Crippen LogP contribution in [0.25, 0.3) is 22.2 Å². The number of nitrogens with one attached hydrogen (secondary N) is 4. The number of aryl methyl sites for hydroxylation is 2. The van der Waals surface area contributed by atoms with Crippen LogP contribution in [0.2, 0.25) is 0 Å². The summed E-state index contributed by atoms with van der Waals surface area (Å²) in [5.41, 5.74) is 4.00. The van der Waals surface area contributed by atoms with Crippen LogP contribution in [0.15, 0.2) is 22.7 Å². The van der Waals surface area contributed by atoms with E-state index in [1.807, 2.05) is 32.0 Å². The van der Waals surface area contributed by atoms with Crippen molar-refractivity contribution in [1.29, 1.82) is 10.8 Å². The molecule has 182 valence electrons. The summed E-state index contributed by atoms with van der Waals surface area (Å²) in [5.74, 6) is 0.833. The summed E-state index contributed by atoms with van der Waals surface area (Å²) in [6.07, 6.45) is 0.462. The Morgan fingerprint density at radius 1 is 1.24 bits per heavy atom. The number of aliphatic hydroxyl groups is 1. The van der Waals surface area contributed by atoms with Crippen LogP contribution in [0, 0.1) is 30.6 Å². The van der Waals surface area contributed by atoms with Crippen LogP contribution in [-0.2, 0) is 4.79 Å². The lowest BCUT2D eigenvalue weighted by atomic mass is 10.0. The number of aliphatic hydroxyl groups excluding tert-OH is 1. The van der Waals surface area contributed by atoms with Crippen LogP contribution >= 0.6 is 0 Å². The van der Waals surface area contributed by atoms with Crippen LogP contribution in [0.4, 0.5) is 5.82 Å². The minimum atomic E-state index is -0.997. The number of hydrogen-bond acceptors (Lipinski definition) is 8. The number of fused-ring (bicyclic) bond motifs is 1. The van der Waals surface area contributed by atoms with Crippen molar-refractivity contribution in [1.82, 2.24) is 20.0 Å². The summed E-state index contributed by atoms with van der Waals surface area (Å²) in [5, 5.41) is 36.6. The molecule has 2 heterocycles. The Balaban J connectivity index is 1.74. The van der Waals surface area contributed by atoms with Gasteiger partial charge in [-0.25, -0.2) is 4.98 Å². The van der Waals surface area contributed by atoms with Gasteiger partial charge in [-0.2, -0.15) is 0 Å². The van der Waals surface area contributed by atoms with Crippen molar-refractivity contribution in [3.63, 3.8) is 0 Å². The van der Waals surface area contributed by atoms with Crippen LogP contribution < -0.4 is 16.1 Å². The molecule has 1 atom stereocenters. The van der Waals surface area contributed by atoms with E-state index in [1.165, 1.54) is 0 Å². The molecule has 0 radical (unpaired) electrons. The van der Waals surface area contributed by atoms with E-state index in [0.717, 1.165) is 29.7 Å². The first kappa shape index (κ1) is 25.1. The molecule has 0 bridgehead atoms. The number of benzene rings is 1. The van der Waals surface area contributed by atoms with Crippen LogP contribution in [0.3, 0.4) is 0 Å². The fraction of sp³-hybridized carbons (Fsp3) is 0.458. The van der Waals surface area contributed by atoms with E-state index >= 15 is 0 Å². The second-order valence-corrected chi connectivity index (χ2v) is 8.75. The fourth-order valence-electron chi connectivity index (χ4n) is 3.79. The van der Waals surface area contributed by atoms with Crippen molar-refractivity contribution in [3.8, 4) is 11.1 Å². The number of carbonyl (C=O) groups is 1. The third-order valence-electron chi connectivity index (χ3n) is 5.65. The van der Waals surface area contributed by atoms with E-state index in [1.54, 1.807) is 25.3 Å². The Morgan fingerprint density at radius 3 is 2.56 bits per heavy atom. The van der Waals surface area contributed by atoms with E-state index in [0.29, 0.717) is 35.7 Å². The standard InChI is InChI=1S/C24H33N7O3/c1-13(2)21(32)24(33)28-11-7-6-10-27-23-22(26)31(16(5)25)19-12-17(8-9-18(19)29-23)20-14(3)30-34-15(20)4/h8-9,12-13,21,25-26,32H,6-7,10-11H2,1-5H3,(H,27,29)(H,28,33)/t21-/m1/s1. The highest BCUT2D eigenvalue weighted by Crippen LogP contribution is 2.29. The molecular formula is C24H33N7O3. The molecule has 0 aliphatic heterocycles. The summed E-state index contributed by atoms with van der Waals surface area (Å²) >= 11 is 0. The van der Waals surface area contributed by atoms with E-state index < -0.39 is 6.10 Å². The molecule has 1 aromatic carbocycles. The molecule has 10 nitrogen and oxygen atoms in total. The maximum atomic E-state index is 11.8. The lowest BCUT2D eigenvalue weighted by molar-refractivity contribution is -0.131. The normalized spacial score (nSPS) is 12.2. The minimum Gasteiger partial charge on any atom is -0.383 e. The lowest BCUT2D eigenvalue weighted by Gasteiger charge is -2.15. The third-order valence-corrected chi connectivity index (χ3v) is 5.65. The average Bonchev–Trinajstić information content (AvgIpc) is 3.12. The number of aromatic nitrogens is 3. The molecule has 3 aromatic rings. The minimum absolute atomic E-state index is 0.101. The maximum Gasteiger partial charge on any atom is 0.249 e. The Kier molecular flexibility index (Phi) is 7.83. The summed E-state index contributed by atoms with van der Waals surface area (Å²) in [7, 11) is 0. The molecule has 34 heavy (non-hydrogen) atoms. The van der Waals surface area contributed by atoms with Crippen LogP contribution in [0.1, 0.15) is 45.1 Å². The number of unbranched alkanes of at least 4 members (excludes halogenated alkanes) is 1. The predicted octanol–water partition coefficient (Wildman–Crippen LogP) is 2.96. The number of nitrogens with zero attached hydrogens (tertiary/aromatic N) is 3. The summed E-state index contributed by atoms with van der Waals surface area (Å²) < 4.78 is 6.85. The van der Waals surface area contributed by atoms with Gasteiger partial charge in [-0.05, 0) is 57.2 Å². The third kappa shape index (κ3) is 5.33. The first-order valence-corrected chi connectivity index (χ1v) is 11.4. The fourth-order valence-corrected chi connectivity index (χ4v) is 3.79. The zero-order valence-corrected chi connectivity index (χ0v) is 20.3. The number of rotatable bonds is 9. The average molecular weight is 468 g/mol. The summed E-state index contributed by atoms with van der Waals surface area (Å²) in [6, 6.07) is 5.71. The zero-order chi connectivity index (χ0) is 25.0. The predicted molar refractivity (Wildman–Crippen MR) is 131 cm³/mol. The number of carbonyl (C=O) groups excluding carboxylic acids is 1. The molecule has 1 amide bonds. The Hall–Kier alpha value is -3.53. The molecule has 0 saturated heterocycles. The van der Waals surface area contributed by atoms with Gasteiger partial charge in [0, 0.05) is 18.7 Å². The number of amides is 1. The largest absolute Gasteiger partial charge is 0.383 e. The molecule has 0 spiro atoms. The maximum absolute atomic E-state index is 11.8. The van der Waals surface area contributed by atoms with Gasteiger partial charge in [0.1, 0.15) is 17.7 Å². The van der Waals surface area contributed by atoms with Crippen LogP contribution in [-0.4, -0.2) is 50.8 Å². The second-order valence-electron chi connectivity index (χ2n) is 8.75. The van der Waals surface area contributed by atoms with Gasteiger partial charge in [0.05, 0.1) is 16.7 Å². The quantitative estimate of drug-likeness (QED) is 0.185. The SMILES string of the molecule is CC(=N)n1c(=N)c(NCCCCNC(=O)[C@H](O)C(C)C)nc2ccc(-c3c(C)noc3C)cc21. The molecule has 2 aromatic heterocycles. The van der Waals surface area contributed by atoms with Gasteiger partial charge in [0.2, 0.25) is 5.91 Å². The van der Waals surface area contributed by atoms with E-state index in [2.05, 4.69) is 20.8 Å². The summed E-state index contributed by atoms with van der Waals surface area (Å²) in [6.45, 7) is 9.98. The molecule has 0 fully saturated rings. The molecular weight excluding hydrogens is 434 g/mol. The Morgan fingerprint density at radius 2 is 1.94 bits per heavy atom. The van der Waals surface area contributed by atoms with Gasteiger partial charge in [-0.15, -0.1) is 0 Å². The van der Waals surface area contributed by atoms with Gasteiger partial charge >= 0.3 is 0 Å². The zero-order valence-electron chi connectivity index (χ0n) is 20.3. The van der Waals surface area contributed by atoms with Crippen molar-refractivity contribution >= 4 is 28.6 Å². The monoisotopic (exact) mass is 467 g/mol. The number of anilines is 1. The molecule has 0 aliphatic rings. The van der Waals surface area contributed by atoms with Crippen molar-refractivity contribution in [3.05, 3.63) is 35.1 Å². The second kappa shape index (κ2) is 10.6. The molecule has 0 saturated carbocycles. The van der Waals surface area contributed by atoms with Crippen molar-refractivity contribution in [2.24, 2.45) is 5.92 Å². The first-order valence-electron chi connectivity index (χ1n) is 11.4. The van der Waals surface area contributed by atoms with Gasteiger partial charge in [-0.1, -0.05) is 25.1 Å². The highest BCUT2D eigenvalue weighted by atomic mass is 16.5. The first-order chi connectivity index (χ1) is 16.1. The number of hydrogen-bond donors (Lipinski definition) is 5. The highest BCUT2D eigenvalue weighted by Gasteiger charge is 2.18. The summed E-state index contributed by atoms with van der Waals surface area (Å²) in [4.78, 5) is 16.4. The van der Waals surface area contributed by atoms with E-state index in [9.17, 15) is 9.90 Å². The highest BCUT2D eigenvalue weighted by molar-refractivity contribution is 5.92. The topological polar surface area (TPSA) is 153 Å². The van der Waals surface area contributed by atoms with Gasteiger partial charge in [-0.3, -0.25) is 20.2 Å². The smallest absolute Gasteiger partial charge is 0.249 e. The molecule has 0 aliphatic carbocycles. The van der Waals surface area contributed by atoms with Crippen molar-refractivity contribution in [2.75, 3.05) is 18.4 Å². The molecule has 0 unspecified atom stereocenters. The van der Waals surface area contributed by atoms with Gasteiger partial charge in [0.15, 0.2) is 11.3 Å². The van der Waals surface area contributed by atoms with Crippen LogP contribution in [0.5, 0.6) is 0 Å². The van der Waals surface area contributed by atoms with E-state index in [4.69, 9.17) is 15.3 Å². The van der Waals surface area contributed by atoms with Crippen molar-refractivity contribution < 1.29 is 14.4 Å². The van der Waals surface area contributed by atoms with E-state index in [-0.39, 0.29) is 23.1 Å². The Labute approximate surface area is 198 Å². The Bertz CT molecular complexity index is 1240. The molecule has 3 rings (SSSR count).